The molecule has 0 radical (unpaired) electrons. The van der Waals surface area contributed by atoms with Gasteiger partial charge in [0.25, 0.3) is 6.43 Å². The summed E-state index contributed by atoms with van der Waals surface area (Å²) in [6, 6.07) is 9.12. The Morgan fingerprint density at radius 2 is 1.62 bits per heavy atom. The third kappa shape index (κ3) is 4.01. The van der Waals surface area contributed by atoms with E-state index in [-0.39, 0.29) is 11.8 Å². The van der Waals surface area contributed by atoms with Gasteiger partial charge >= 0.3 is 0 Å². The molecule has 32 heavy (non-hydrogen) atoms. The molecule has 0 unspecified atom stereocenters. The fraction of sp³-hybridized carbons (Fsp3) is 0.522. The van der Waals surface area contributed by atoms with E-state index < -0.39 is 6.43 Å². The molecule has 2 fully saturated rings. The molecule has 0 amide bonds. The Kier molecular flexibility index (Phi) is 5.91. The van der Waals surface area contributed by atoms with Crippen LogP contribution in [0, 0.1) is 5.92 Å². The van der Waals surface area contributed by atoms with Crippen LogP contribution in [0.4, 0.5) is 20.4 Å². The van der Waals surface area contributed by atoms with E-state index in [4.69, 9.17) is 14.7 Å². The van der Waals surface area contributed by atoms with Crippen LogP contribution in [0.15, 0.2) is 30.3 Å². The zero-order valence-electron chi connectivity index (χ0n) is 18.3. The fourth-order valence-corrected chi connectivity index (χ4v) is 4.60. The number of anilines is 2. The van der Waals surface area contributed by atoms with Crippen LogP contribution in [0.1, 0.15) is 38.4 Å². The van der Waals surface area contributed by atoms with Crippen molar-refractivity contribution in [3.63, 3.8) is 0 Å². The first-order valence-corrected chi connectivity index (χ1v) is 11.4. The molecule has 0 spiro atoms. The van der Waals surface area contributed by atoms with Crippen molar-refractivity contribution >= 4 is 22.7 Å². The van der Waals surface area contributed by atoms with E-state index in [0.717, 1.165) is 43.5 Å². The maximum Gasteiger partial charge on any atom is 0.296 e. The van der Waals surface area contributed by atoms with Crippen LogP contribution in [0.5, 0.6) is 0 Å². The number of hydrogen-bond acceptors (Lipinski definition) is 6. The highest BCUT2D eigenvalue weighted by atomic mass is 19.3. The van der Waals surface area contributed by atoms with Gasteiger partial charge in [0.05, 0.1) is 24.2 Å². The number of morpholine rings is 1. The highest BCUT2D eigenvalue weighted by Gasteiger charge is 2.26. The number of fused-ring (bicyclic) bond motifs is 1. The minimum atomic E-state index is -2.73. The number of rotatable bonds is 5. The number of nitrogens with zero attached hydrogens (tertiary/aromatic N) is 6. The average molecular weight is 443 g/mol. The van der Waals surface area contributed by atoms with Crippen LogP contribution >= 0.6 is 0 Å². The second kappa shape index (κ2) is 8.97. The molecule has 7 nitrogen and oxygen atoms in total. The normalized spacial score (nSPS) is 18.1. The van der Waals surface area contributed by atoms with Crippen molar-refractivity contribution in [3.8, 4) is 5.95 Å². The van der Waals surface area contributed by atoms with Gasteiger partial charge < -0.3 is 14.5 Å². The van der Waals surface area contributed by atoms with Crippen molar-refractivity contribution in [1.82, 2.24) is 19.5 Å². The van der Waals surface area contributed by atoms with Crippen molar-refractivity contribution in [1.29, 1.82) is 0 Å². The average Bonchev–Trinajstić information content (AvgIpc) is 3.24. The minimum absolute atomic E-state index is 0.241. The molecule has 9 heteroatoms. The van der Waals surface area contributed by atoms with Gasteiger partial charge in [0.15, 0.2) is 5.82 Å². The summed E-state index contributed by atoms with van der Waals surface area (Å²) in [4.78, 5) is 18.1. The lowest BCUT2D eigenvalue weighted by atomic mass is 9.94. The molecular formula is C23H28F2N6O. The van der Waals surface area contributed by atoms with Crippen molar-refractivity contribution in [3.05, 3.63) is 36.2 Å². The third-order valence-electron chi connectivity index (χ3n) is 6.52. The topological polar surface area (TPSA) is 59.3 Å². The number of benzene rings is 1. The number of para-hydroxylation sites is 2. The van der Waals surface area contributed by atoms with Crippen LogP contribution in [0.2, 0.25) is 0 Å². The van der Waals surface area contributed by atoms with Crippen molar-refractivity contribution in [2.75, 3.05) is 49.2 Å². The Labute approximate surface area is 186 Å². The molecular weight excluding hydrogens is 414 g/mol. The van der Waals surface area contributed by atoms with Crippen LogP contribution in [-0.4, -0.2) is 58.9 Å². The molecule has 2 aliphatic heterocycles. The molecule has 0 atom stereocenters. The van der Waals surface area contributed by atoms with Gasteiger partial charge in [0, 0.05) is 32.2 Å². The van der Waals surface area contributed by atoms with Crippen LogP contribution in [0.3, 0.4) is 0 Å². The van der Waals surface area contributed by atoms with Gasteiger partial charge in [-0.25, -0.2) is 13.8 Å². The van der Waals surface area contributed by atoms with E-state index in [1.54, 1.807) is 18.2 Å². The molecule has 3 aromatic rings. The second-order valence-electron chi connectivity index (χ2n) is 8.42. The van der Waals surface area contributed by atoms with Crippen molar-refractivity contribution < 1.29 is 13.5 Å². The third-order valence-corrected chi connectivity index (χ3v) is 6.52. The van der Waals surface area contributed by atoms with Gasteiger partial charge in [0.1, 0.15) is 11.6 Å². The Bertz CT molecular complexity index is 1070. The Morgan fingerprint density at radius 1 is 0.969 bits per heavy atom. The van der Waals surface area contributed by atoms with E-state index in [2.05, 4.69) is 21.7 Å². The summed E-state index contributed by atoms with van der Waals surface area (Å²) in [5.74, 6) is 2.16. The molecule has 5 rings (SSSR count). The van der Waals surface area contributed by atoms with E-state index in [1.165, 1.54) is 11.0 Å². The Balaban J connectivity index is 1.62. The van der Waals surface area contributed by atoms with E-state index >= 15 is 0 Å². The largest absolute Gasteiger partial charge is 0.378 e. The maximum absolute atomic E-state index is 14.0. The van der Waals surface area contributed by atoms with Crippen LogP contribution in [0.25, 0.3) is 17.0 Å². The standard InChI is InChI=1S/C23H28F2N6O/c1-2-16-7-9-29(10-8-16)19-15-20(30-11-13-32-14-12-30)28-23(27-19)31-18-6-4-3-5-17(18)26-22(31)21(24)25/h3-6,15-16,21H,2,7-14H2,1H3. The molecule has 0 bridgehead atoms. The zero-order chi connectivity index (χ0) is 22.1. The highest BCUT2D eigenvalue weighted by Crippen LogP contribution is 2.31. The number of halogens is 2. The summed E-state index contributed by atoms with van der Waals surface area (Å²) >= 11 is 0. The number of aromatic nitrogens is 4. The number of ether oxygens (including phenoxy) is 1. The first kappa shape index (κ1) is 21.1. The number of imidazole rings is 1. The number of hydrogen-bond donors (Lipinski definition) is 0. The summed E-state index contributed by atoms with van der Waals surface area (Å²) in [6.07, 6.45) is 0.667. The number of piperidine rings is 1. The summed E-state index contributed by atoms with van der Waals surface area (Å²) in [5, 5.41) is 0. The Morgan fingerprint density at radius 3 is 2.28 bits per heavy atom. The zero-order valence-corrected chi connectivity index (χ0v) is 18.3. The van der Waals surface area contributed by atoms with Crippen molar-refractivity contribution in [2.45, 2.75) is 32.6 Å². The van der Waals surface area contributed by atoms with Crippen LogP contribution < -0.4 is 9.80 Å². The molecule has 1 aromatic carbocycles. The van der Waals surface area contributed by atoms with E-state index in [0.29, 0.717) is 37.3 Å². The highest BCUT2D eigenvalue weighted by molar-refractivity contribution is 5.78. The lowest BCUT2D eigenvalue weighted by Gasteiger charge is -2.34. The molecule has 4 heterocycles. The van der Waals surface area contributed by atoms with Crippen molar-refractivity contribution in [2.24, 2.45) is 5.92 Å². The van der Waals surface area contributed by atoms with Gasteiger partial charge in [-0.15, -0.1) is 0 Å². The first-order valence-electron chi connectivity index (χ1n) is 11.4. The molecule has 170 valence electrons. The Hall–Kier alpha value is -2.81. The predicted octanol–water partition coefficient (Wildman–Crippen LogP) is 4.22. The molecule has 2 aromatic heterocycles. The molecule has 2 aliphatic rings. The number of alkyl halides is 2. The minimum Gasteiger partial charge on any atom is -0.378 e. The predicted molar refractivity (Wildman–Crippen MR) is 120 cm³/mol. The monoisotopic (exact) mass is 442 g/mol. The lowest BCUT2D eigenvalue weighted by molar-refractivity contribution is 0.122. The van der Waals surface area contributed by atoms with Gasteiger partial charge in [-0.2, -0.15) is 9.97 Å². The molecule has 2 saturated heterocycles. The summed E-state index contributed by atoms with van der Waals surface area (Å²) < 4.78 is 34.8. The van der Waals surface area contributed by atoms with E-state index in [1.807, 2.05) is 12.1 Å². The second-order valence-corrected chi connectivity index (χ2v) is 8.42. The fourth-order valence-electron chi connectivity index (χ4n) is 4.60. The molecule has 0 saturated carbocycles. The first-order chi connectivity index (χ1) is 15.6. The summed E-state index contributed by atoms with van der Waals surface area (Å²) in [6.45, 7) is 6.70. The van der Waals surface area contributed by atoms with Gasteiger partial charge in [-0.1, -0.05) is 25.5 Å². The van der Waals surface area contributed by atoms with Gasteiger partial charge in [-0.3, -0.25) is 4.57 Å². The maximum atomic E-state index is 14.0. The van der Waals surface area contributed by atoms with E-state index in [9.17, 15) is 8.78 Å². The van der Waals surface area contributed by atoms with Crippen LogP contribution in [-0.2, 0) is 4.74 Å². The summed E-state index contributed by atoms with van der Waals surface area (Å²) in [5.41, 5.74) is 1.09. The molecule has 0 aliphatic carbocycles. The van der Waals surface area contributed by atoms with Gasteiger partial charge in [0.2, 0.25) is 5.95 Å². The SMILES string of the molecule is CCC1CCN(c2cc(N3CCOCC3)nc(-n3c(C(F)F)nc4ccccc43)n2)CC1. The molecule has 0 N–H and O–H groups in total. The quantitative estimate of drug-likeness (QED) is 0.590. The lowest BCUT2D eigenvalue weighted by Crippen LogP contribution is -2.38. The smallest absolute Gasteiger partial charge is 0.296 e. The summed E-state index contributed by atoms with van der Waals surface area (Å²) in [7, 11) is 0. The van der Waals surface area contributed by atoms with Gasteiger partial charge in [-0.05, 0) is 30.9 Å².